The third kappa shape index (κ3) is 5.14. The van der Waals surface area contributed by atoms with Gasteiger partial charge in [0.1, 0.15) is 0 Å². The van der Waals surface area contributed by atoms with E-state index < -0.39 is 0 Å². The van der Waals surface area contributed by atoms with Crippen LogP contribution in [0.2, 0.25) is 0 Å². The van der Waals surface area contributed by atoms with Crippen LogP contribution in [-0.2, 0) is 0 Å². The van der Waals surface area contributed by atoms with E-state index in [4.69, 9.17) is 0 Å². The molecule has 21 rings (SSSR count). The number of benzene rings is 15. The van der Waals surface area contributed by atoms with Gasteiger partial charge in [-0.2, -0.15) is 0 Å². The normalized spacial score (nSPS) is 13.0. The molecule has 0 saturated carbocycles. The maximum Gasteiger partial charge on any atom is 0.252 e. The van der Waals surface area contributed by atoms with Crippen LogP contribution >= 0.6 is 0 Å². The Morgan fingerprint density at radius 2 is 0.614 bits per heavy atom. The van der Waals surface area contributed by atoms with Crippen molar-refractivity contribution in [2.75, 3.05) is 0 Å². The van der Waals surface area contributed by atoms with Gasteiger partial charge in [0.2, 0.25) is 0 Å². The number of rotatable bonds is 2. The van der Waals surface area contributed by atoms with Gasteiger partial charge < -0.3 is 18.3 Å². The minimum atomic E-state index is -0.122. The molecular formula is C78H43BN4. The number of nitrogens with zero attached hydrogens (tertiary/aromatic N) is 4. The molecule has 2 aliphatic rings. The van der Waals surface area contributed by atoms with Crippen molar-refractivity contribution in [3.8, 4) is 22.7 Å². The van der Waals surface area contributed by atoms with Gasteiger partial charge >= 0.3 is 0 Å². The van der Waals surface area contributed by atoms with Gasteiger partial charge in [0, 0.05) is 82.1 Å². The molecule has 0 fully saturated rings. The van der Waals surface area contributed by atoms with Crippen LogP contribution in [0, 0.1) is 0 Å². The quantitative estimate of drug-likeness (QED) is 0.121. The van der Waals surface area contributed by atoms with Gasteiger partial charge in [0.05, 0.1) is 38.6 Å². The summed E-state index contributed by atoms with van der Waals surface area (Å²) in [5, 5.41) is 25.5. The second-order valence-electron chi connectivity index (χ2n) is 23.4. The summed E-state index contributed by atoms with van der Waals surface area (Å²) in [5.41, 5.74) is 18.6. The van der Waals surface area contributed by atoms with Gasteiger partial charge in [-0.25, -0.2) is 0 Å². The van der Waals surface area contributed by atoms with Crippen molar-refractivity contribution < 1.29 is 0 Å². The first-order valence-electron chi connectivity index (χ1n) is 29.0. The Balaban J connectivity index is 0.986. The monoisotopic (exact) mass is 1050 g/mol. The molecule has 0 saturated heterocycles. The van der Waals surface area contributed by atoms with Crippen molar-refractivity contribution in [1.29, 1.82) is 0 Å². The Labute approximate surface area is 474 Å². The molecule has 0 radical (unpaired) electrons. The molecule has 0 unspecified atom stereocenters. The molecule has 0 amide bonds. The zero-order valence-electron chi connectivity index (χ0n) is 44.7. The molecule has 5 heteroatoms. The molecule has 0 spiro atoms. The summed E-state index contributed by atoms with van der Waals surface area (Å²) in [7, 11) is 0. The summed E-state index contributed by atoms with van der Waals surface area (Å²) < 4.78 is 10.4. The van der Waals surface area contributed by atoms with Gasteiger partial charge in [-0.3, -0.25) is 0 Å². The fourth-order valence-electron chi connectivity index (χ4n) is 16.6. The average molecular weight is 1050 g/mol. The van der Waals surface area contributed by atoms with E-state index in [0.29, 0.717) is 0 Å². The number of aromatic nitrogens is 4. The van der Waals surface area contributed by atoms with Crippen molar-refractivity contribution >= 4 is 175 Å². The third-order valence-corrected chi connectivity index (χ3v) is 19.6. The molecule has 19 aromatic rings. The largest absolute Gasteiger partial charge is 0.310 e. The zero-order valence-corrected chi connectivity index (χ0v) is 44.7. The lowest BCUT2D eigenvalue weighted by Gasteiger charge is -2.34. The second kappa shape index (κ2) is 15.1. The highest BCUT2D eigenvalue weighted by Gasteiger charge is 2.42. The van der Waals surface area contributed by atoms with Crippen LogP contribution in [0.1, 0.15) is 0 Å². The van der Waals surface area contributed by atoms with E-state index in [2.05, 4.69) is 279 Å². The maximum atomic E-state index is 2.70. The molecule has 4 nitrogen and oxygen atoms in total. The summed E-state index contributed by atoms with van der Waals surface area (Å²) in [6, 6.07) is 99.3. The second-order valence-corrected chi connectivity index (χ2v) is 23.4. The van der Waals surface area contributed by atoms with E-state index in [9.17, 15) is 0 Å². The first kappa shape index (κ1) is 43.0. The molecule has 83 heavy (non-hydrogen) atoms. The first-order chi connectivity index (χ1) is 41.2. The van der Waals surface area contributed by atoms with Crippen LogP contribution in [0.15, 0.2) is 261 Å². The van der Waals surface area contributed by atoms with Crippen LogP contribution in [0.5, 0.6) is 0 Å². The summed E-state index contributed by atoms with van der Waals surface area (Å²) in [5.74, 6) is 0. The topological polar surface area (TPSA) is 19.7 Å². The Kier molecular flexibility index (Phi) is 7.83. The molecule has 378 valence electrons. The first-order valence-corrected chi connectivity index (χ1v) is 29.0. The molecule has 0 atom stereocenters. The van der Waals surface area contributed by atoms with Gasteiger partial charge in [-0.1, -0.05) is 194 Å². The predicted octanol–water partition coefficient (Wildman–Crippen LogP) is 18.1. The number of hydrogen-bond acceptors (Lipinski definition) is 0. The third-order valence-electron chi connectivity index (χ3n) is 19.6. The van der Waals surface area contributed by atoms with Crippen LogP contribution in [0.4, 0.5) is 0 Å². The summed E-state index contributed by atoms with van der Waals surface area (Å²) in [6.07, 6.45) is 0. The predicted molar refractivity (Wildman–Crippen MR) is 353 cm³/mol. The number of fused-ring (bicyclic) bond motifs is 30. The molecule has 4 aromatic heterocycles. The highest BCUT2D eigenvalue weighted by atomic mass is 15.0. The van der Waals surface area contributed by atoms with E-state index in [1.54, 1.807) is 0 Å². The highest BCUT2D eigenvalue weighted by molar-refractivity contribution is 7.00. The Hall–Kier alpha value is -10.9. The Morgan fingerprint density at radius 1 is 0.205 bits per heavy atom. The van der Waals surface area contributed by atoms with Crippen LogP contribution in [-0.4, -0.2) is 25.0 Å². The zero-order chi connectivity index (χ0) is 53.5. The molecular weight excluding hydrogens is 1000 g/mol. The molecule has 2 aliphatic heterocycles. The molecule has 15 aromatic carbocycles. The fraction of sp³-hybridized carbons (Fsp3) is 0. The van der Waals surface area contributed by atoms with Crippen LogP contribution in [0.25, 0.3) is 175 Å². The number of para-hydroxylation sites is 4. The lowest BCUT2D eigenvalue weighted by atomic mass is 9.34. The summed E-state index contributed by atoms with van der Waals surface area (Å²) in [4.78, 5) is 0. The SMILES string of the molecule is c1cc2c3c(c1)-n1c4c(cc(-n5c6ccccc6c6ccccc65)cc4c4ccc5c6ccccc6c6ccccc6c5c41)B3c1cc3c4ccccc4c4ccccc4c3c3c4cc(-n5c6ccccc6c6ccccc65)ccc4n-2c13. The standard InChI is InChI=1S/C78H43BN4/c1-3-22-50-46(18-1)49-21-6-8-29-57(49)73-58(50)37-38-59-61-41-45(81-67-32-15-11-26-54(67)55-27-12-16-33-68(55)81)42-63-76(61)83(77(59)73)71-35-17-34-70-75(71)79(63)64-43-60-51-23-4-2-19-47(51)48-20-5-7-28-56(48)72(60)74-62-40-44(36-39-69(62)82(70)78(64)74)80-65-30-13-9-24-52(65)53-25-10-14-31-66(53)80/h1-43H. The molecule has 0 N–H and O–H groups in total. The van der Waals surface area contributed by atoms with E-state index >= 15 is 0 Å². The minimum absolute atomic E-state index is 0.122. The van der Waals surface area contributed by atoms with Gasteiger partial charge in [0.25, 0.3) is 6.71 Å². The highest BCUT2D eigenvalue weighted by Crippen LogP contribution is 2.49. The number of hydrogen-bond donors (Lipinski definition) is 0. The van der Waals surface area contributed by atoms with Gasteiger partial charge in [0.15, 0.2) is 0 Å². The van der Waals surface area contributed by atoms with Crippen LogP contribution < -0.4 is 16.4 Å². The van der Waals surface area contributed by atoms with Crippen molar-refractivity contribution in [3.63, 3.8) is 0 Å². The van der Waals surface area contributed by atoms with Crippen molar-refractivity contribution in [2.24, 2.45) is 0 Å². The van der Waals surface area contributed by atoms with Crippen molar-refractivity contribution in [2.45, 2.75) is 0 Å². The lowest BCUT2D eigenvalue weighted by Crippen LogP contribution is -2.59. The average Bonchev–Trinajstić information content (AvgIpc) is 2.82. The maximum absolute atomic E-state index is 2.70. The molecule has 0 aliphatic carbocycles. The summed E-state index contributed by atoms with van der Waals surface area (Å²) in [6.45, 7) is -0.122. The summed E-state index contributed by atoms with van der Waals surface area (Å²) >= 11 is 0. The van der Waals surface area contributed by atoms with E-state index in [1.807, 2.05) is 0 Å². The van der Waals surface area contributed by atoms with E-state index in [-0.39, 0.29) is 6.71 Å². The molecule has 6 heterocycles. The Morgan fingerprint density at radius 3 is 1.18 bits per heavy atom. The minimum Gasteiger partial charge on any atom is -0.310 e. The van der Waals surface area contributed by atoms with E-state index in [0.717, 1.165) is 5.69 Å². The van der Waals surface area contributed by atoms with Gasteiger partial charge in [-0.15, -0.1) is 0 Å². The Bertz CT molecular complexity index is 6120. The fourth-order valence-corrected chi connectivity index (χ4v) is 16.6. The van der Waals surface area contributed by atoms with Crippen molar-refractivity contribution in [1.82, 2.24) is 18.3 Å². The van der Waals surface area contributed by atoms with Gasteiger partial charge in [-0.05, 0) is 137 Å². The van der Waals surface area contributed by atoms with Crippen LogP contribution in [0.3, 0.4) is 0 Å². The van der Waals surface area contributed by atoms with E-state index in [1.165, 1.54) is 185 Å². The van der Waals surface area contributed by atoms with Crippen molar-refractivity contribution in [3.05, 3.63) is 261 Å². The lowest BCUT2D eigenvalue weighted by molar-refractivity contribution is 1.14. The smallest absolute Gasteiger partial charge is 0.252 e. The molecule has 0 bridgehead atoms.